The Morgan fingerprint density at radius 2 is 2.04 bits per heavy atom. The summed E-state index contributed by atoms with van der Waals surface area (Å²) in [5, 5.41) is 25.1. The SMILES string of the molecule is C#CC(O)Cc1cncc(C2CCCN2C)c1.O=C(O)C=CC(=O)O. The lowest BCUT2D eigenvalue weighted by Gasteiger charge is -2.20. The van der Waals surface area contributed by atoms with Crippen LogP contribution in [-0.4, -0.2) is 56.8 Å². The van der Waals surface area contributed by atoms with Crippen molar-refractivity contribution in [3.8, 4) is 12.3 Å². The number of hydrogen-bond donors (Lipinski definition) is 3. The minimum atomic E-state index is -1.26. The van der Waals surface area contributed by atoms with Crippen LogP contribution in [0.15, 0.2) is 30.6 Å². The number of carboxylic acid groups (broad SMARTS) is 2. The van der Waals surface area contributed by atoms with Gasteiger partial charge in [0.25, 0.3) is 0 Å². The maximum absolute atomic E-state index is 9.55. The molecule has 25 heavy (non-hydrogen) atoms. The van der Waals surface area contributed by atoms with Gasteiger partial charge in [0.15, 0.2) is 0 Å². The van der Waals surface area contributed by atoms with E-state index in [-0.39, 0.29) is 0 Å². The first kappa shape index (κ1) is 20.4. The van der Waals surface area contributed by atoms with Gasteiger partial charge in [0.1, 0.15) is 6.10 Å². The number of likely N-dealkylation sites (tertiary alicyclic amines) is 1. The van der Waals surface area contributed by atoms with E-state index in [2.05, 4.69) is 28.9 Å². The maximum Gasteiger partial charge on any atom is 0.328 e. The minimum absolute atomic E-state index is 0.463. The Labute approximate surface area is 146 Å². The minimum Gasteiger partial charge on any atom is -0.478 e. The van der Waals surface area contributed by atoms with E-state index in [0.717, 1.165) is 12.1 Å². The van der Waals surface area contributed by atoms with Crippen molar-refractivity contribution < 1.29 is 24.9 Å². The van der Waals surface area contributed by atoms with Crippen LogP contribution in [0.1, 0.15) is 30.0 Å². The van der Waals surface area contributed by atoms with Gasteiger partial charge in [0.2, 0.25) is 0 Å². The fourth-order valence-corrected chi connectivity index (χ4v) is 2.56. The van der Waals surface area contributed by atoms with Gasteiger partial charge in [-0.3, -0.25) is 9.88 Å². The molecule has 134 valence electrons. The zero-order valence-electron chi connectivity index (χ0n) is 14.0. The number of pyridine rings is 1. The van der Waals surface area contributed by atoms with Crippen LogP contribution >= 0.6 is 0 Å². The third-order valence-electron chi connectivity index (χ3n) is 3.71. The molecular formula is C18H22N2O5. The summed E-state index contributed by atoms with van der Waals surface area (Å²) in [5.74, 6) is -0.186. The monoisotopic (exact) mass is 346 g/mol. The summed E-state index contributed by atoms with van der Waals surface area (Å²) in [6, 6.07) is 2.57. The second kappa shape index (κ2) is 10.2. The molecule has 0 saturated carbocycles. The summed E-state index contributed by atoms with van der Waals surface area (Å²) in [6.07, 6.45) is 12.2. The number of terminal acetylenes is 1. The Balaban J connectivity index is 0.000000333. The van der Waals surface area contributed by atoms with Gasteiger partial charge in [-0.1, -0.05) is 12.0 Å². The number of aliphatic hydroxyl groups is 1. The van der Waals surface area contributed by atoms with Crippen molar-refractivity contribution in [1.82, 2.24) is 9.88 Å². The van der Waals surface area contributed by atoms with Crippen LogP contribution in [0.5, 0.6) is 0 Å². The number of aromatic nitrogens is 1. The number of carbonyl (C=O) groups is 2. The third-order valence-corrected chi connectivity index (χ3v) is 3.71. The predicted octanol–water partition coefficient (Wildman–Crippen LogP) is 1.10. The summed E-state index contributed by atoms with van der Waals surface area (Å²) < 4.78 is 0. The van der Waals surface area contributed by atoms with Crippen LogP contribution < -0.4 is 0 Å². The molecule has 7 nitrogen and oxygen atoms in total. The van der Waals surface area contributed by atoms with Crippen LogP contribution in [0, 0.1) is 12.3 Å². The van der Waals surface area contributed by atoms with Gasteiger partial charge in [-0.15, -0.1) is 6.42 Å². The fraction of sp³-hybridized carbons (Fsp3) is 0.389. The molecular weight excluding hydrogens is 324 g/mol. The molecule has 1 aromatic rings. The molecule has 1 fully saturated rings. The van der Waals surface area contributed by atoms with Gasteiger partial charge < -0.3 is 15.3 Å². The van der Waals surface area contributed by atoms with Gasteiger partial charge in [-0.2, -0.15) is 0 Å². The molecule has 2 atom stereocenters. The zero-order valence-corrected chi connectivity index (χ0v) is 14.0. The number of aliphatic carboxylic acids is 2. The molecule has 0 spiro atoms. The average molecular weight is 346 g/mol. The van der Waals surface area contributed by atoms with E-state index < -0.39 is 18.0 Å². The lowest BCUT2D eigenvalue weighted by molar-refractivity contribution is -0.134. The predicted molar refractivity (Wildman–Crippen MR) is 91.8 cm³/mol. The first-order chi connectivity index (χ1) is 11.8. The number of nitrogens with zero attached hydrogens (tertiary/aromatic N) is 2. The summed E-state index contributed by atoms with van der Waals surface area (Å²) >= 11 is 0. The quantitative estimate of drug-likeness (QED) is 0.541. The van der Waals surface area contributed by atoms with Crippen LogP contribution in [-0.2, 0) is 16.0 Å². The normalized spacial score (nSPS) is 18.2. The Hall–Kier alpha value is -2.69. The molecule has 1 aliphatic rings. The highest BCUT2D eigenvalue weighted by Gasteiger charge is 2.22. The zero-order chi connectivity index (χ0) is 18.8. The van der Waals surface area contributed by atoms with Gasteiger partial charge in [-0.25, -0.2) is 9.59 Å². The molecule has 3 N–H and O–H groups in total. The second-order valence-corrected chi connectivity index (χ2v) is 5.66. The van der Waals surface area contributed by atoms with E-state index in [1.807, 2.05) is 6.20 Å². The van der Waals surface area contributed by atoms with Gasteiger partial charge in [-0.05, 0) is 37.6 Å². The molecule has 1 saturated heterocycles. The molecule has 2 heterocycles. The third kappa shape index (κ3) is 7.61. The van der Waals surface area contributed by atoms with Gasteiger partial charge in [0.05, 0.1) is 0 Å². The molecule has 1 aromatic heterocycles. The Bertz CT molecular complexity index is 650. The van der Waals surface area contributed by atoms with E-state index in [0.29, 0.717) is 24.6 Å². The van der Waals surface area contributed by atoms with Crippen molar-refractivity contribution in [2.45, 2.75) is 31.4 Å². The maximum atomic E-state index is 9.55. The Morgan fingerprint density at radius 3 is 2.52 bits per heavy atom. The number of hydrogen-bond acceptors (Lipinski definition) is 5. The molecule has 7 heteroatoms. The van der Waals surface area contributed by atoms with Crippen LogP contribution in [0.3, 0.4) is 0 Å². The molecule has 2 rings (SSSR count). The van der Waals surface area contributed by atoms with E-state index >= 15 is 0 Å². The molecule has 1 aliphatic heterocycles. The molecule has 0 aromatic carbocycles. The van der Waals surface area contributed by atoms with Crippen LogP contribution in [0.4, 0.5) is 0 Å². The van der Waals surface area contributed by atoms with Gasteiger partial charge >= 0.3 is 11.9 Å². The van der Waals surface area contributed by atoms with Crippen LogP contribution in [0.2, 0.25) is 0 Å². The van der Waals surface area contributed by atoms with E-state index in [9.17, 15) is 14.7 Å². The summed E-state index contributed by atoms with van der Waals surface area (Å²) in [6.45, 7) is 1.14. The topological polar surface area (TPSA) is 111 Å². The van der Waals surface area contributed by atoms with E-state index in [1.165, 1.54) is 18.4 Å². The van der Waals surface area contributed by atoms with Gasteiger partial charge in [0, 0.05) is 37.0 Å². The van der Waals surface area contributed by atoms with E-state index in [1.54, 1.807) is 6.20 Å². The first-order valence-corrected chi connectivity index (χ1v) is 7.75. The highest BCUT2D eigenvalue weighted by molar-refractivity contribution is 5.89. The first-order valence-electron chi connectivity index (χ1n) is 7.75. The average Bonchev–Trinajstić information content (AvgIpc) is 3.00. The summed E-state index contributed by atoms with van der Waals surface area (Å²) in [5.41, 5.74) is 2.24. The van der Waals surface area contributed by atoms with Crippen LogP contribution in [0.25, 0.3) is 0 Å². The van der Waals surface area contributed by atoms with Crippen molar-refractivity contribution in [1.29, 1.82) is 0 Å². The summed E-state index contributed by atoms with van der Waals surface area (Å²) in [7, 11) is 2.14. The van der Waals surface area contributed by atoms with E-state index in [4.69, 9.17) is 16.6 Å². The standard InChI is InChI=1S/C14H18N2O.C4H4O4/c1-3-13(17)8-11-7-12(10-15-9-11)14-5-4-6-16(14)2;5-3(6)1-2-4(7)8/h1,7,9-10,13-14,17H,4-6,8H2,2H3;1-2H,(H,5,6)(H,7,8). The lowest BCUT2D eigenvalue weighted by Crippen LogP contribution is -2.18. The van der Waals surface area contributed by atoms with Crippen molar-refractivity contribution in [2.75, 3.05) is 13.6 Å². The van der Waals surface area contributed by atoms with Crippen molar-refractivity contribution >= 4 is 11.9 Å². The van der Waals surface area contributed by atoms with Crippen molar-refractivity contribution in [2.24, 2.45) is 0 Å². The van der Waals surface area contributed by atoms with Crippen molar-refractivity contribution in [3.63, 3.8) is 0 Å². The fourth-order valence-electron chi connectivity index (χ4n) is 2.56. The smallest absolute Gasteiger partial charge is 0.328 e. The highest BCUT2D eigenvalue weighted by atomic mass is 16.4. The molecule has 0 aliphatic carbocycles. The Morgan fingerprint density at radius 1 is 1.40 bits per heavy atom. The molecule has 0 radical (unpaired) electrons. The largest absolute Gasteiger partial charge is 0.478 e. The second-order valence-electron chi connectivity index (χ2n) is 5.66. The number of aliphatic hydroxyl groups excluding tert-OH is 1. The number of rotatable bonds is 5. The number of carboxylic acids is 2. The highest BCUT2D eigenvalue weighted by Crippen LogP contribution is 2.30. The molecule has 0 amide bonds. The van der Waals surface area contributed by atoms with Crippen molar-refractivity contribution in [3.05, 3.63) is 41.7 Å². The molecule has 2 unspecified atom stereocenters. The Kier molecular flexibility index (Phi) is 8.33. The lowest BCUT2D eigenvalue weighted by atomic mass is 10.0. The summed E-state index contributed by atoms with van der Waals surface area (Å²) in [4.78, 5) is 25.7. The molecule has 0 bridgehead atoms.